The van der Waals surface area contributed by atoms with E-state index in [4.69, 9.17) is 4.74 Å². The number of rotatable bonds is 8. The molecule has 3 N–H and O–H groups in total. The molecule has 0 aliphatic rings. The van der Waals surface area contributed by atoms with Gasteiger partial charge in [0.1, 0.15) is 5.75 Å². The van der Waals surface area contributed by atoms with Crippen LogP contribution in [0.3, 0.4) is 0 Å². The molecule has 0 bridgehead atoms. The molecule has 1 rings (SSSR count). The smallest absolute Gasteiger partial charge is 0.319 e. The summed E-state index contributed by atoms with van der Waals surface area (Å²) in [4.78, 5) is 11.9. The Kier molecular flexibility index (Phi) is 7.39. The molecule has 0 saturated carbocycles. The molecule has 0 aromatic heterocycles. The number of urea groups is 1. The van der Waals surface area contributed by atoms with Gasteiger partial charge in [0.2, 0.25) is 0 Å². The first kappa shape index (κ1) is 17.7. The zero-order valence-electron chi connectivity index (χ0n) is 12.8. The van der Waals surface area contributed by atoms with Gasteiger partial charge in [-0.25, -0.2) is 4.79 Å². The maximum atomic E-state index is 11.9. The van der Waals surface area contributed by atoms with Crippen LogP contribution in [0.15, 0.2) is 24.3 Å². The summed E-state index contributed by atoms with van der Waals surface area (Å²) in [5, 5.41) is 15.5. The number of carbonyl (C=O) groups is 1. The van der Waals surface area contributed by atoms with Gasteiger partial charge < -0.3 is 20.5 Å². The summed E-state index contributed by atoms with van der Waals surface area (Å²) < 4.78 is 5.44. The number of amides is 2. The fourth-order valence-corrected chi connectivity index (χ4v) is 2.34. The summed E-state index contributed by atoms with van der Waals surface area (Å²) in [6.07, 6.45) is 2.62. The summed E-state index contributed by atoms with van der Waals surface area (Å²) >= 11 is 1.67. The summed E-state index contributed by atoms with van der Waals surface area (Å²) in [6.45, 7) is 4.34. The Morgan fingerprint density at radius 2 is 2.14 bits per heavy atom. The lowest BCUT2D eigenvalue weighted by Gasteiger charge is -2.23. The zero-order chi connectivity index (χ0) is 15.7. The molecule has 118 valence electrons. The van der Waals surface area contributed by atoms with E-state index in [2.05, 4.69) is 10.6 Å². The molecular formula is C15H24N2O3S. The van der Waals surface area contributed by atoms with Crippen LogP contribution in [0.5, 0.6) is 5.75 Å². The standard InChI is InChI=1S/C15H24N2O3S/c1-4-20-13-8-6-5-7-12(13)17-14(18)16-11-15(2,19)9-10-21-3/h5-8,19H,4,9-11H2,1-3H3,(H2,16,17,18)/t15-/m1/s1. The predicted molar refractivity (Wildman–Crippen MR) is 88.3 cm³/mol. The third-order valence-corrected chi connectivity index (χ3v) is 3.52. The van der Waals surface area contributed by atoms with E-state index in [1.54, 1.807) is 30.8 Å². The molecule has 1 aromatic carbocycles. The predicted octanol–water partition coefficient (Wildman–Crippen LogP) is 2.71. The largest absolute Gasteiger partial charge is 0.492 e. The number of ether oxygens (including phenoxy) is 1. The molecule has 0 aliphatic carbocycles. The van der Waals surface area contributed by atoms with Crippen LogP contribution in [0.25, 0.3) is 0 Å². The van der Waals surface area contributed by atoms with Crippen molar-refractivity contribution >= 4 is 23.5 Å². The van der Waals surface area contributed by atoms with E-state index in [0.717, 1.165) is 5.75 Å². The highest BCUT2D eigenvalue weighted by Crippen LogP contribution is 2.23. The average Bonchev–Trinajstić information content (AvgIpc) is 2.46. The number of hydrogen-bond donors (Lipinski definition) is 3. The Morgan fingerprint density at radius 3 is 2.81 bits per heavy atom. The Hall–Kier alpha value is -1.40. The molecule has 6 heteroatoms. The first-order valence-corrected chi connectivity index (χ1v) is 8.36. The summed E-state index contributed by atoms with van der Waals surface area (Å²) in [5.41, 5.74) is -0.291. The minimum Gasteiger partial charge on any atom is -0.492 e. The van der Waals surface area contributed by atoms with Crippen molar-refractivity contribution in [2.45, 2.75) is 25.9 Å². The van der Waals surface area contributed by atoms with Crippen molar-refractivity contribution in [1.29, 1.82) is 0 Å². The van der Waals surface area contributed by atoms with Gasteiger partial charge in [0.25, 0.3) is 0 Å². The number of benzene rings is 1. The first-order chi connectivity index (χ1) is 9.98. The number of thioether (sulfide) groups is 1. The van der Waals surface area contributed by atoms with E-state index in [-0.39, 0.29) is 12.6 Å². The van der Waals surface area contributed by atoms with E-state index >= 15 is 0 Å². The van der Waals surface area contributed by atoms with Gasteiger partial charge >= 0.3 is 6.03 Å². The van der Waals surface area contributed by atoms with E-state index in [0.29, 0.717) is 24.5 Å². The zero-order valence-corrected chi connectivity index (χ0v) is 13.6. The molecule has 0 heterocycles. The highest BCUT2D eigenvalue weighted by Gasteiger charge is 2.20. The van der Waals surface area contributed by atoms with Gasteiger partial charge in [-0.2, -0.15) is 11.8 Å². The van der Waals surface area contributed by atoms with Gasteiger partial charge in [0, 0.05) is 6.54 Å². The van der Waals surface area contributed by atoms with Crippen molar-refractivity contribution in [2.75, 3.05) is 30.5 Å². The highest BCUT2D eigenvalue weighted by molar-refractivity contribution is 7.98. The number of anilines is 1. The molecule has 0 spiro atoms. The van der Waals surface area contributed by atoms with Crippen LogP contribution in [0.1, 0.15) is 20.3 Å². The molecule has 0 saturated heterocycles. The van der Waals surface area contributed by atoms with Crippen LogP contribution >= 0.6 is 11.8 Å². The summed E-state index contributed by atoms with van der Waals surface area (Å²) in [7, 11) is 0. The van der Waals surface area contributed by atoms with Crippen LogP contribution in [-0.2, 0) is 0 Å². The molecule has 1 atom stereocenters. The fourth-order valence-electron chi connectivity index (χ4n) is 1.70. The second-order valence-corrected chi connectivity index (χ2v) is 5.96. The quantitative estimate of drug-likeness (QED) is 0.690. The summed E-state index contributed by atoms with van der Waals surface area (Å²) in [6, 6.07) is 6.89. The molecular weight excluding hydrogens is 288 g/mol. The van der Waals surface area contributed by atoms with Crippen LogP contribution in [0.4, 0.5) is 10.5 Å². The van der Waals surface area contributed by atoms with Crippen molar-refractivity contribution in [3.8, 4) is 5.75 Å². The second-order valence-electron chi connectivity index (χ2n) is 4.98. The van der Waals surface area contributed by atoms with Crippen molar-refractivity contribution in [3.63, 3.8) is 0 Å². The van der Waals surface area contributed by atoms with E-state index in [9.17, 15) is 9.90 Å². The minimum absolute atomic E-state index is 0.205. The Morgan fingerprint density at radius 1 is 1.43 bits per heavy atom. The van der Waals surface area contributed by atoms with Gasteiger partial charge in [-0.3, -0.25) is 0 Å². The normalized spacial score (nSPS) is 13.3. The molecule has 0 radical (unpaired) electrons. The topological polar surface area (TPSA) is 70.6 Å². The van der Waals surface area contributed by atoms with Crippen LogP contribution in [0.2, 0.25) is 0 Å². The fraction of sp³-hybridized carbons (Fsp3) is 0.533. The van der Waals surface area contributed by atoms with E-state index in [1.165, 1.54) is 0 Å². The highest BCUT2D eigenvalue weighted by atomic mass is 32.2. The van der Waals surface area contributed by atoms with Crippen molar-refractivity contribution < 1.29 is 14.6 Å². The third kappa shape index (κ3) is 6.73. The third-order valence-electron chi connectivity index (χ3n) is 2.91. The minimum atomic E-state index is -0.903. The van der Waals surface area contributed by atoms with Crippen LogP contribution in [0, 0.1) is 0 Å². The van der Waals surface area contributed by atoms with E-state index in [1.807, 2.05) is 25.3 Å². The maximum Gasteiger partial charge on any atom is 0.319 e. The number of aliphatic hydroxyl groups is 1. The van der Waals surface area contributed by atoms with Gasteiger partial charge in [0.05, 0.1) is 17.9 Å². The molecule has 21 heavy (non-hydrogen) atoms. The van der Waals surface area contributed by atoms with Gasteiger partial charge in [-0.05, 0) is 44.4 Å². The summed E-state index contributed by atoms with van der Waals surface area (Å²) in [5.74, 6) is 1.48. The van der Waals surface area contributed by atoms with Crippen molar-refractivity contribution in [2.24, 2.45) is 0 Å². The van der Waals surface area contributed by atoms with Gasteiger partial charge in [0.15, 0.2) is 0 Å². The second kappa shape index (κ2) is 8.79. The van der Waals surface area contributed by atoms with Gasteiger partial charge in [-0.15, -0.1) is 0 Å². The number of para-hydroxylation sites is 2. The van der Waals surface area contributed by atoms with Crippen molar-refractivity contribution in [1.82, 2.24) is 5.32 Å². The number of hydrogen-bond acceptors (Lipinski definition) is 4. The van der Waals surface area contributed by atoms with Crippen LogP contribution < -0.4 is 15.4 Å². The molecule has 0 aliphatic heterocycles. The molecule has 1 aromatic rings. The molecule has 2 amide bonds. The van der Waals surface area contributed by atoms with E-state index < -0.39 is 5.60 Å². The monoisotopic (exact) mass is 312 g/mol. The molecule has 0 unspecified atom stereocenters. The lowest BCUT2D eigenvalue weighted by molar-refractivity contribution is 0.0599. The first-order valence-electron chi connectivity index (χ1n) is 6.96. The Labute approximate surface area is 130 Å². The maximum absolute atomic E-state index is 11.9. The van der Waals surface area contributed by atoms with Crippen LogP contribution in [-0.4, -0.2) is 41.9 Å². The van der Waals surface area contributed by atoms with Gasteiger partial charge in [-0.1, -0.05) is 12.1 Å². The lowest BCUT2D eigenvalue weighted by atomic mass is 10.0. The molecule has 5 nitrogen and oxygen atoms in total. The van der Waals surface area contributed by atoms with Crippen molar-refractivity contribution in [3.05, 3.63) is 24.3 Å². The number of nitrogens with one attached hydrogen (secondary N) is 2. The average molecular weight is 312 g/mol. The Bertz CT molecular complexity index is 452. The Balaban J connectivity index is 2.50. The number of carbonyl (C=O) groups excluding carboxylic acids is 1. The lowest BCUT2D eigenvalue weighted by Crippen LogP contribution is -2.42. The molecule has 0 fully saturated rings. The SMILES string of the molecule is CCOc1ccccc1NC(=O)NC[C@](C)(O)CCSC.